The second-order valence-corrected chi connectivity index (χ2v) is 5.85. The van der Waals surface area contributed by atoms with Crippen LogP contribution >= 0.6 is 0 Å². The molecule has 0 saturated carbocycles. The van der Waals surface area contributed by atoms with Crippen molar-refractivity contribution in [3.63, 3.8) is 0 Å². The van der Waals surface area contributed by atoms with Crippen LogP contribution < -0.4 is 21.7 Å². The number of nitrogens with zero attached hydrogens (tertiary/aromatic N) is 3. The highest BCUT2D eigenvalue weighted by Gasteiger charge is 2.24. The lowest BCUT2D eigenvalue weighted by Gasteiger charge is -2.11. The normalized spacial score (nSPS) is 10.1. The number of carbonyl (C=O) groups is 2. The van der Waals surface area contributed by atoms with Gasteiger partial charge in [-0.25, -0.2) is 18.7 Å². The summed E-state index contributed by atoms with van der Waals surface area (Å²) in [5.74, 6) is -3.23. The molecule has 0 saturated heterocycles. The first-order valence-electron chi connectivity index (χ1n) is 8.48. The van der Waals surface area contributed by atoms with Gasteiger partial charge in [0.2, 0.25) is 11.6 Å². The fourth-order valence-corrected chi connectivity index (χ4v) is 2.31. The minimum absolute atomic E-state index is 0.0931. The fraction of sp³-hybridized carbons (Fsp3) is 0. The molecule has 4 N–H and O–H groups in total. The smallest absolute Gasteiger partial charge is 0.276 e. The SMILES string of the molecule is O=C(NNc1ncnc(NNC(=O)c2ccc(F)cc2)c1[N+](=O)[O-])c1ccc(F)cc1. The van der Waals surface area contributed by atoms with Crippen molar-refractivity contribution in [2.24, 2.45) is 0 Å². The highest BCUT2D eigenvalue weighted by molar-refractivity contribution is 5.96. The average molecular weight is 429 g/mol. The van der Waals surface area contributed by atoms with Gasteiger partial charge in [0.25, 0.3) is 11.8 Å². The summed E-state index contributed by atoms with van der Waals surface area (Å²) in [6.45, 7) is 0. The molecule has 0 aliphatic rings. The van der Waals surface area contributed by atoms with Crippen LogP contribution in [-0.4, -0.2) is 26.7 Å². The van der Waals surface area contributed by atoms with E-state index < -0.39 is 34.1 Å². The van der Waals surface area contributed by atoms with Crippen LogP contribution in [0.3, 0.4) is 0 Å². The van der Waals surface area contributed by atoms with Crippen LogP contribution in [0.4, 0.5) is 26.1 Å². The van der Waals surface area contributed by atoms with Crippen LogP contribution in [0.5, 0.6) is 0 Å². The molecule has 0 aliphatic carbocycles. The summed E-state index contributed by atoms with van der Waals surface area (Å²) in [6, 6.07) is 9.19. The fourth-order valence-electron chi connectivity index (χ4n) is 2.31. The predicted molar refractivity (Wildman–Crippen MR) is 104 cm³/mol. The molecule has 0 atom stereocenters. The molecule has 0 aliphatic heterocycles. The van der Waals surface area contributed by atoms with E-state index in [-0.39, 0.29) is 22.8 Å². The number of amides is 2. The summed E-state index contributed by atoms with van der Waals surface area (Å²) in [7, 11) is 0. The third kappa shape index (κ3) is 5.23. The van der Waals surface area contributed by atoms with E-state index in [1.807, 2.05) is 0 Å². The number of hydrogen-bond acceptors (Lipinski definition) is 8. The first kappa shape index (κ1) is 21.0. The number of hydrazine groups is 2. The van der Waals surface area contributed by atoms with E-state index in [2.05, 4.69) is 31.7 Å². The maximum atomic E-state index is 12.9. The van der Waals surface area contributed by atoms with E-state index in [1.54, 1.807) is 0 Å². The third-order valence-corrected chi connectivity index (χ3v) is 3.81. The lowest BCUT2D eigenvalue weighted by atomic mass is 10.2. The topological polar surface area (TPSA) is 151 Å². The molecule has 1 heterocycles. The van der Waals surface area contributed by atoms with E-state index >= 15 is 0 Å². The van der Waals surface area contributed by atoms with Gasteiger partial charge in [0, 0.05) is 11.1 Å². The lowest BCUT2D eigenvalue weighted by molar-refractivity contribution is -0.383. The minimum Gasteiger partial charge on any atom is -0.276 e. The Morgan fingerprint density at radius 2 is 1.16 bits per heavy atom. The molecule has 0 fully saturated rings. The van der Waals surface area contributed by atoms with Gasteiger partial charge in [-0.3, -0.25) is 41.4 Å². The van der Waals surface area contributed by atoms with Crippen molar-refractivity contribution in [2.75, 3.05) is 10.9 Å². The lowest BCUT2D eigenvalue weighted by Crippen LogP contribution is -2.32. The van der Waals surface area contributed by atoms with E-state index in [0.29, 0.717) is 0 Å². The van der Waals surface area contributed by atoms with Gasteiger partial charge in [0.15, 0.2) is 0 Å². The zero-order valence-electron chi connectivity index (χ0n) is 15.4. The average Bonchev–Trinajstić information content (AvgIpc) is 2.76. The highest BCUT2D eigenvalue weighted by Crippen LogP contribution is 2.27. The van der Waals surface area contributed by atoms with Crippen LogP contribution in [0.1, 0.15) is 20.7 Å². The molecule has 0 spiro atoms. The zero-order valence-corrected chi connectivity index (χ0v) is 15.4. The summed E-state index contributed by atoms with van der Waals surface area (Å²) >= 11 is 0. The van der Waals surface area contributed by atoms with Crippen LogP contribution in [-0.2, 0) is 0 Å². The van der Waals surface area contributed by atoms with Gasteiger partial charge in [-0.15, -0.1) is 0 Å². The summed E-state index contributed by atoms with van der Waals surface area (Å²) in [5.41, 5.74) is 8.49. The monoisotopic (exact) mass is 429 g/mol. The summed E-state index contributed by atoms with van der Waals surface area (Å²) < 4.78 is 25.9. The van der Waals surface area contributed by atoms with Crippen LogP contribution in [0.25, 0.3) is 0 Å². The molecule has 2 aromatic carbocycles. The van der Waals surface area contributed by atoms with Crippen LogP contribution in [0.15, 0.2) is 54.9 Å². The van der Waals surface area contributed by atoms with Crippen molar-refractivity contribution in [1.82, 2.24) is 20.8 Å². The van der Waals surface area contributed by atoms with Gasteiger partial charge in [-0.2, -0.15) is 0 Å². The number of carbonyl (C=O) groups excluding carboxylic acids is 2. The zero-order chi connectivity index (χ0) is 22.4. The number of nitro groups is 1. The van der Waals surface area contributed by atoms with Crippen molar-refractivity contribution in [3.05, 3.63) is 87.7 Å². The first-order valence-corrected chi connectivity index (χ1v) is 8.48. The largest absolute Gasteiger partial charge is 0.356 e. The molecular formula is C18H13F2N7O4. The van der Waals surface area contributed by atoms with Crippen LogP contribution in [0.2, 0.25) is 0 Å². The Morgan fingerprint density at radius 3 is 1.52 bits per heavy atom. The van der Waals surface area contributed by atoms with E-state index in [0.717, 1.165) is 30.6 Å². The van der Waals surface area contributed by atoms with Crippen molar-refractivity contribution < 1.29 is 23.3 Å². The van der Waals surface area contributed by atoms with Crippen molar-refractivity contribution in [3.8, 4) is 0 Å². The van der Waals surface area contributed by atoms with Crippen molar-refractivity contribution in [2.45, 2.75) is 0 Å². The highest BCUT2D eigenvalue weighted by atomic mass is 19.1. The molecule has 3 rings (SSSR count). The number of nitrogens with one attached hydrogen (secondary N) is 4. The standard InChI is InChI=1S/C18H13F2N7O4/c19-12-5-1-10(2-6-12)17(28)25-23-15-14(27(30)31)16(22-9-21-15)24-26-18(29)11-3-7-13(20)8-4-11/h1-9H,(H,25,28)(H,26,29)(H2,21,22,23,24). The van der Waals surface area contributed by atoms with E-state index in [9.17, 15) is 28.5 Å². The summed E-state index contributed by atoms with van der Waals surface area (Å²) in [5, 5.41) is 11.5. The molecule has 2 amide bonds. The van der Waals surface area contributed by atoms with Crippen LogP contribution in [0, 0.1) is 21.7 Å². The van der Waals surface area contributed by atoms with E-state index in [4.69, 9.17) is 0 Å². The molecular weight excluding hydrogens is 416 g/mol. The Bertz CT molecular complexity index is 1050. The number of anilines is 2. The number of rotatable bonds is 7. The van der Waals surface area contributed by atoms with Gasteiger partial charge in [0.1, 0.15) is 18.0 Å². The van der Waals surface area contributed by atoms with Gasteiger partial charge in [-0.1, -0.05) is 0 Å². The number of benzene rings is 2. The van der Waals surface area contributed by atoms with Gasteiger partial charge >= 0.3 is 5.69 Å². The van der Waals surface area contributed by atoms with Gasteiger partial charge in [-0.05, 0) is 48.5 Å². The molecule has 158 valence electrons. The maximum absolute atomic E-state index is 12.9. The van der Waals surface area contributed by atoms with E-state index in [1.165, 1.54) is 24.3 Å². The maximum Gasteiger partial charge on any atom is 0.356 e. The quantitative estimate of drug-likeness (QED) is 0.330. The second kappa shape index (κ2) is 9.21. The number of hydrogen-bond donors (Lipinski definition) is 4. The molecule has 13 heteroatoms. The van der Waals surface area contributed by atoms with Crippen molar-refractivity contribution in [1.29, 1.82) is 0 Å². The van der Waals surface area contributed by atoms with Gasteiger partial charge in [0.05, 0.1) is 4.92 Å². The Labute approximate surface area is 172 Å². The molecule has 0 bridgehead atoms. The second-order valence-electron chi connectivity index (χ2n) is 5.85. The molecule has 0 unspecified atom stereocenters. The Kier molecular flexibility index (Phi) is 6.25. The minimum atomic E-state index is -0.835. The molecule has 0 radical (unpaired) electrons. The Morgan fingerprint density at radius 1 is 0.774 bits per heavy atom. The molecule has 11 nitrogen and oxygen atoms in total. The first-order chi connectivity index (χ1) is 14.8. The Hall–Kier alpha value is -4.68. The van der Waals surface area contributed by atoms with Gasteiger partial charge < -0.3 is 0 Å². The molecule has 31 heavy (non-hydrogen) atoms. The molecule has 3 aromatic rings. The summed E-state index contributed by atoms with van der Waals surface area (Å²) in [4.78, 5) is 42.2. The number of aromatic nitrogens is 2. The van der Waals surface area contributed by atoms with Crippen molar-refractivity contribution >= 4 is 29.1 Å². The Balaban J connectivity index is 1.72. The molecule has 1 aromatic heterocycles. The third-order valence-electron chi connectivity index (χ3n) is 3.81. The predicted octanol–water partition coefficient (Wildman–Crippen LogP) is 2.18. The summed E-state index contributed by atoms with van der Waals surface area (Å²) in [6.07, 6.45) is 0.950. The number of halogens is 2.